The number of nitrogens with zero attached hydrogens (tertiary/aromatic N) is 1. The predicted molar refractivity (Wildman–Crippen MR) is 96.9 cm³/mol. The van der Waals surface area contributed by atoms with Gasteiger partial charge in [-0.15, -0.1) is 0 Å². The largest absolute Gasteiger partial charge is 0.490 e. The first kappa shape index (κ1) is 16.2. The van der Waals surface area contributed by atoms with E-state index in [4.69, 9.17) is 15.2 Å². The van der Waals surface area contributed by atoms with Gasteiger partial charge in [0.1, 0.15) is 0 Å². The Morgan fingerprint density at radius 3 is 2.62 bits per heavy atom. The summed E-state index contributed by atoms with van der Waals surface area (Å²) in [5, 5.41) is 3.12. The summed E-state index contributed by atoms with van der Waals surface area (Å²) in [7, 11) is 0. The van der Waals surface area contributed by atoms with Crippen LogP contribution in [0.2, 0.25) is 0 Å². The Morgan fingerprint density at radius 1 is 1.04 bits per heavy atom. The first-order valence-corrected chi connectivity index (χ1v) is 8.14. The molecule has 1 heterocycles. The molecule has 24 heavy (non-hydrogen) atoms. The third kappa shape index (κ3) is 3.98. The molecule has 0 spiro atoms. The zero-order valence-corrected chi connectivity index (χ0v) is 14.1. The van der Waals surface area contributed by atoms with Crippen LogP contribution >= 0.6 is 0 Å². The maximum atomic E-state index is 5.99. The fraction of sp³-hybridized carbons (Fsp3) is 0.316. The van der Waals surface area contributed by atoms with Gasteiger partial charge in [-0.05, 0) is 54.8 Å². The van der Waals surface area contributed by atoms with Crippen molar-refractivity contribution in [2.24, 2.45) is 10.7 Å². The maximum Gasteiger partial charge on any atom is 0.193 e. The quantitative estimate of drug-likeness (QED) is 0.670. The van der Waals surface area contributed by atoms with Crippen molar-refractivity contribution in [2.45, 2.75) is 26.8 Å². The van der Waals surface area contributed by atoms with Gasteiger partial charge in [0.15, 0.2) is 17.5 Å². The van der Waals surface area contributed by atoms with Gasteiger partial charge < -0.3 is 20.5 Å². The van der Waals surface area contributed by atoms with E-state index in [1.165, 1.54) is 11.1 Å². The molecule has 2 aromatic rings. The summed E-state index contributed by atoms with van der Waals surface area (Å²) in [6.07, 6.45) is 0.898. The molecule has 5 heteroatoms. The van der Waals surface area contributed by atoms with Crippen LogP contribution in [0.5, 0.6) is 11.5 Å². The SMILES string of the molecule is Cc1ccc(NC(N)=NCc2ccc3c(c2)OCCCO3)cc1C. The van der Waals surface area contributed by atoms with Crippen molar-refractivity contribution in [3.63, 3.8) is 0 Å². The van der Waals surface area contributed by atoms with Crippen molar-refractivity contribution < 1.29 is 9.47 Å². The molecule has 2 aromatic carbocycles. The molecular weight excluding hydrogens is 302 g/mol. The number of anilines is 1. The van der Waals surface area contributed by atoms with E-state index in [1.54, 1.807) is 0 Å². The zero-order valence-electron chi connectivity index (χ0n) is 14.1. The molecule has 0 aromatic heterocycles. The summed E-state index contributed by atoms with van der Waals surface area (Å²) in [5.74, 6) is 1.97. The van der Waals surface area contributed by atoms with E-state index in [1.807, 2.05) is 24.3 Å². The monoisotopic (exact) mass is 325 g/mol. The Hall–Kier alpha value is -2.69. The van der Waals surface area contributed by atoms with Crippen LogP contribution in [0.4, 0.5) is 5.69 Å². The van der Waals surface area contributed by atoms with Crippen molar-refractivity contribution in [3.8, 4) is 11.5 Å². The molecular formula is C19H23N3O2. The summed E-state index contributed by atoms with van der Waals surface area (Å²) in [6.45, 7) is 6.01. The highest BCUT2D eigenvalue weighted by Crippen LogP contribution is 2.30. The van der Waals surface area contributed by atoms with E-state index in [0.717, 1.165) is 29.2 Å². The molecule has 1 aliphatic heterocycles. The molecule has 0 fully saturated rings. The highest BCUT2D eigenvalue weighted by molar-refractivity contribution is 5.92. The lowest BCUT2D eigenvalue weighted by molar-refractivity contribution is 0.297. The molecule has 5 nitrogen and oxygen atoms in total. The standard InChI is InChI=1S/C19H23N3O2/c1-13-4-6-16(10-14(13)2)22-19(20)21-12-15-5-7-17-18(11-15)24-9-3-8-23-17/h4-7,10-11H,3,8-9,12H2,1-2H3,(H3,20,21,22). The molecule has 0 saturated heterocycles. The Bertz CT molecular complexity index is 756. The molecule has 0 radical (unpaired) electrons. The van der Waals surface area contributed by atoms with Crippen LogP contribution in [-0.4, -0.2) is 19.2 Å². The van der Waals surface area contributed by atoms with E-state index in [9.17, 15) is 0 Å². The van der Waals surface area contributed by atoms with Gasteiger partial charge in [-0.25, -0.2) is 4.99 Å². The lowest BCUT2D eigenvalue weighted by atomic mass is 10.1. The van der Waals surface area contributed by atoms with Gasteiger partial charge in [0.25, 0.3) is 0 Å². The van der Waals surface area contributed by atoms with Gasteiger partial charge in [-0.1, -0.05) is 12.1 Å². The first-order valence-electron chi connectivity index (χ1n) is 8.14. The summed E-state index contributed by atoms with van der Waals surface area (Å²) in [4.78, 5) is 4.40. The number of guanidine groups is 1. The van der Waals surface area contributed by atoms with E-state index < -0.39 is 0 Å². The van der Waals surface area contributed by atoms with Crippen LogP contribution in [0, 0.1) is 13.8 Å². The summed E-state index contributed by atoms with van der Waals surface area (Å²) < 4.78 is 11.3. The van der Waals surface area contributed by atoms with Gasteiger partial charge in [0, 0.05) is 12.1 Å². The maximum absolute atomic E-state index is 5.99. The second kappa shape index (κ2) is 7.25. The number of ether oxygens (including phenoxy) is 2. The molecule has 3 rings (SSSR count). The van der Waals surface area contributed by atoms with E-state index in [0.29, 0.717) is 25.7 Å². The topological polar surface area (TPSA) is 68.9 Å². The van der Waals surface area contributed by atoms with Crippen molar-refractivity contribution in [3.05, 3.63) is 53.1 Å². The Kier molecular flexibility index (Phi) is 4.89. The molecule has 1 aliphatic rings. The smallest absolute Gasteiger partial charge is 0.193 e. The number of nitrogens with one attached hydrogen (secondary N) is 1. The number of aryl methyl sites for hydroxylation is 2. The third-order valence-electron chi connectivity index (χ3n) is 4.02. The lowest BCUT2D eigenvalue weighted by Crippen LogP contribution is -2.22. The molecule has 126 valence electrons. The Labute approximate surface area is 142 Å². The van der Waals surface area contributed by atoms with E-state index >= 15 is 0 Å². The first-order chi connectivity index (χ1) is 11.6. The molecule has 0 unspecified atom stereocenters. The minimum atomic E-state index is 0.394. The summed E-state index contributed by atoms with van der Waals surface area (Å²) >= 11 is 0. The van der Waals surface area contributed by atoms with Crippen LogP contribution in [0.25, 0.3) is 0 Å². The predicted octanol–water partition coefficient (Wildman–Crippen LogP) is 3.39. The van der Waals surface area contributed by atoms with Crippen LogP contribution in [0.15, 0.2) is 41.4 Å². The third-order valence-corrected chi connectivity index (χ3v) is 4.02. The number of hydrogen-bond acceptors (Lipinski definition) is 3. The second-order valence-corrected chi connectivity index (χ2v) is 5.96. The highest BCUT2D eigenvalue weighted by Gasteiger charge is 2.10. The number of nitrogens with two attached hydrogens (primary N) is 1. The zero-order chi connectivity index (χ0) is 16.9. The molecule has 0 aliphatic carbocycles. The van der Waals surface area contributed by atoms with Crippen LogP contribution in [0.1, 0.15) is 23.1 Å². The van der Waals surface area contributed by atoms with Gasteiger partial charge in [-0.2, -0.15) is 0 Å². The average Bonchev–Trinajstić information content (AvgIpc) is 2.81. The fourth-order valence-corrected chi connectivity index (χ4v) is 2.49. The molecule has 3 N–H and O–H groups in total. The molecule has 0 saturated carbocycles. The number of hydrogen-bond donors (Lipinski definition) is 2. The average molecular weight is 325 g/mol. The van der Waals surface area contributed by atoms with Gasteiger partial charge >= 0.3 is 0 Å². The van der Waals surface area contributed by atoms with Gasteiger partial charge in [0.05, 0.1) is 19.8 Å². The van der Waals surface area contributed by atoms with Crippen molar-refractivity contribution >= 4 is 11.6 Å². The number of rotatable bonds is 3. The minimum absolute atomic E-state index is 0.394. The fourth-order valence-electron chi connectivity index (χ4n) is 2.49. The van der Waals surface area contributed by atoms with Crippen LogP contribution < -0.4 is 20.5 Å². The van der Waals surface area contributed by atoms with Gasteiger partial charge in [-0.3, -0.25) is 0 Å². The van der Waals surface area contributed by atoms with Gasteiger partial charge in [0.2, 0.25) is 0 Å². The lowest BCUT2D eigenvalue weighted by Gasteiger charge is -2.10. The number of fused-ring (bicyclic) bond motifs is 1. The Morgan fingerprint density at radius 2 is 1.83 bits per heavy atom. The number of benzene rings is 2. The normalized spacial score (nSPS) is 14.2. The summed E-state index contributed by atoms with van der Waals surface area (Å²) in [5.41, 5.74) is 10.4. The second-order valence-electron chi connectivity index (χ2n) is 5.96. The van der Waals surface area contributed by atoms with Crippen LogP contribution in [0.3, 0.4) is 0 Å². The molecule has 0 amide bonds. The molecule has 0 bridgehead atoms. The van der Waals surface area contributed by atoms with Crippen molar-refractivity contribution in [1.29, 1.82) is 0 Å². The van der Waals surface area contributed by atoms with E-state index in [2.05, 4.69) is 36.3 Å². The summed E-state index contributed by atoms with van der Waals surface area (Å²) in [6, 6.07) is 12.0. The minimum Gasteiger partial charge on any atom is -0.490 e. The molecule has 0 atom stereocenters. The van der Waals surface area contributed by atoms with Crippen LogP contribution in [-0.2, 0) is 6.54 Å². The van der Waals surface area contributed by atoms with Crippen molar-refractivity contribution in [1.82, 2.24) is 0 Å². The van der Waals surface area contributed by atoms with Crippen molar-refractivity contribution in [2.75, 3.05) is 18.5 Å². The number of aliphatic imine (C=N–C) groups is 1. The van der Waals surface area contributed by atoms with E-state index in [-0.39, 0.29) is 0 Å². The Balaban J connectivity index is 1.66. The highest BCUT2D eigenvalue weighted by atomic mass is 16.5.